The van der Waals surface area contributed by atoms with Crippen molar-refractivity contribution in [2.24, 2.45) is 0 Å². The first kappa shape index (κ1) is 13.9. The fourth-order valence-electron chi connectivity index (χ4n) is 1.03. The first-order valence-corrected chi connectivity index (χ1v) is 4.89. The predicted octanol–water partition coefficient (Wildman–Crippen LogP) is 1.51. The van der Waals surface area contributed by atoms with Crippen LogP contribution in [-0.2, 0) is 14.3 Å². The Hall–Kier alpha value is -1.10. The lowest BCUT2D eigenvalue weighted by Crippen LogP contribution is -2.49. The minimum Gasteiger partial charge on any atom is -0.479 e. The van der Waals surface area contributed by atoms with Gasteiger partial charge in [-0.05, 0) is 26.7 Å². The third-order valence-electron chi connectivity index (χ3n) is 2.70. The fourth-order valence-corrected chi connectivity index (χ4v) is 1.03. The first-order chi connectivity index (χ1) is 6.72. The molecular weight excluding hydrogens is 200 g/mol. The largest absolute Gasteiger partial charge is 0.479 e. The number of carbonyl (C=O) groups is 2. The van der Waals surface area contributed by atoms with Crippen LogP contribution in [0.15, 0.2) is 0 Å². The summed E-state index contributed by atoms with van der Waals surface area (Å²) < 4.78 is 5.25. The molecule has 0 aromatic heterocycles. The Morgan fingerprint density at radius 1 is 1.00 bits per heavy atom. The molecule has 2 N–H and O–H groups in total. The molecule has 0 heterocycles. The van der Waals surface area contributed by atoms with Gasteiger partial charge in [-0.25, -0.2) is 9.59 Å². The van der Waals surface area contributed by atoms with Crippen LogP contribution in [0.5, 0.6) is 0 Å². The highest BCUT2D eigenvalue weighted by Crippen LogP contribution is 2.26. The maximum atomic E-state index is 11.0. The van der Waals surface area contributed by atoms with Crippen molar-refractivity contribution in [3.8, 4) is 0 Å². The predicted molar refractivity (Wildman–Crippen MR) is 53.7 cm³/mol. The molecule has 0 radical (unpaired) electrons. The number of rotatable bonds is 6. The molecule has 0 aliphatic carbocycles. The minimum atomic E-state index is -1.46. The second kappa shape index (κ2) is 4.61. The van der Waals surface area contributed by atoms with Crippen molar-refractivity contribution in [3.63, 3.8) is 0 Å². The molecule has 0 fully saturated rings. The van der Waals surface area contributed by atoms with E-state index in [2.05, 4.69) is 0 Å². The lowest BCUT2D eigenvalue weighted by atomic mass is 9.98. The number of ether oxygens (including phenoxy) is 1. The standard InChI is InChI=1S/C10H18O5/c1-5-9(3,7(11)12)15-10(4,6-2)8(13)14/h5-6H2,1-4H3,(H,11,12)(H,13,14)/t9-,10+. The maximum Gasteiger partial charge on any atom is 0.335 e. The van der Waals surface area contributed by atoms with Gasteiger partial charge in [0.05, 0.1) is 0 Å². The van der Waals surface area contributed by atoms with E-state index >= 15 is 0 Å². The van der Waals surface area contributed by atoms with Crippen molar-refractivity contribution < 1.29 is 24.5 Å². The molecule has 15 heavy (non-hydrogen) atoms. The van der Waals surface area contributed by atoms with Gasteiger partial charge >= 0.3 is 11.9 Å². The number of hydrogen-bond acceptors (Lipinski definition) is 3. The van der Waals surface area contributed by atoms with Crippen molar-refractivity contribution in [2.45, 2.75) is 51.7 Å². The fraction of sp³-hybridized carbons (Fsp3) is 0.800. The maximum absolute atomic E-state index is 11.0. The Bertz CT molecular complexity index is 237. The van der Waals surface area contributed by atoms with Crippen LogP contribution < -0.4 is 0 Å². The van der Waals surface area contributed by atoms with E-state index in [-0.39, 0.29) is 12.8 Å². The number of carboxylic acid groups (broad SMARTS) is 2. The van der Waals surface area contributed by atoms with Gasteiger partial charge < -0.3 is 14.9 Å². The quantitative estimate of drug-likeness (QED) is 0.706. The SMILES string of the molecule is CC[C@@](C)(O[C@@](C)(CC)C(=O)O)C(=O)O. The molecule has 0 spiro atoms. The van der Waals surface area contributed by atoms with Crippen LogP contribution in [0.1, 0.15) is 40.5 Å². The van der Waals surface area contributed by atoms with E-state index in [1.54, 1.807) is 13.8 Å². The van der Waals surface area contributed by atoms with Gasteiger partial charge in [0.25, 0.3) is 0 Å². The second-order valence-electron chi connectivity index (χ2n) is 3.88. The van der Waals surface area contributed by atoms with E-state index < -0.39 is 23.1 Å². The highest BCUT2D eigenvalue weighted by atomic mass is 16.6. The molecule has 0 saturated heterocycles. The summed E-state index contributed by atoms with van der Waals surface area (Å²) in [4.78, 5) is 21.9. The Morgan fingerprint density at radius 3 is 1.40 bits per heavy atom. The monoisotopic (exact) mass is 218 g/mol. The molecule has 2 atom stereocenters. The molecule has 0 amide bonds. The summed E-state index contributed by atoms with van der Waals surface area (Å²) in [6, 6.07) is 0. The Balaban J connectivity index is 4.95. The molecular formula is C10H18O5. The topological polar surface area (TPSA) is 83.8 Å². The summed E-state index contributed by atoms with van der Waals surface area (Å²) in [6.07, 6.45) is 0.427. The zero-order valence-corrected chi connectivity index (χ0v) is 9.53. The summed E-state index contributed by atoms with van der Waals surface area (Å²) in [7, 11) is 0. The van der Waals surface area contributed by atoms with Gasteiger partial charge in [0, 0.05) is 0 Å². The van der Waals surface area contributed by atoms with E-state index in [0.29, 0.717) is 0 Å². The average molecular weight is 218 g/mol. The summed E-state index contributed by atoms with van der Waals surface area (Å²) in [6.45, 7) is 6.05. The van der Waals surface area contributed by atoms with Gasteiger partial charge in [-0.3, -0.25) is 0 Å². The van der Waals surface area contributed by atoms with Crippen LogP contribution in [0, 0.1) is 0 Å². The summed E-state index contributed by atoms with van der Waals surface area (Å²) >= 11 is 0. The van der Waals surface area contributed by atoms with Gasteiger partial charge in [-0.15, -0.1) is 0 Å². The number of aliphatic carboxylic acids is 2. The van der Waals surface area contributed by atoms with Crippen LogP contribution >= 0.6 is 0 Å². The van der Waals surface area contributed by atoms with Gasteiger partial charge in [0.2, 0.25) is 0 Å². The van der Waals surface area contributed by atoms with Crippen molar-refractivity contribution in [3.05, 3.63) is 0 Å². The first-order valence-electron chi connectivity index (χ1n) is 4.89. The number of carboxylic acids is 2. The zero-order valence-electron chi connectivity index (χ0n) is 9.53. The Labute approximate surface area is 89.0 Å². The molecule has 5 heteroatoms. The molecule has 0 aliphatic rings. The van der Waals surface area contributed by atoms with Crippen molar-refractivity contribution in [1.29, 1.82) is 0 Å². The second-order valence-corrected chi connectivity index (χ2v) is 3.88. The van der Waals surface area contributed by atoms with Gasteiger partial charge in [0.1, 0.15) is 0 Å². The number of hydrogen-bond donors (Lipinski definition) is 2. The molecule has 0 bridgehead atoms. The lowest BCUT2D eigenvalue weighted by Gasteiger charge is -2.33. The van der Waals surface area contributed by atoms with Crippen LogP contribution in [0.25, 0.3) is 0 Å². The third-order valence-corrected chi connectivity index (χ3v) is 2.70. The lowest BCUT2D eigenvalue weighted by molar-refractivity contribution is -0.199. The zero-order chi connectivity index (χ0) is 12.3. The highest BCUT2D eigenvalue weighted by Gasteiger charge is 2.43. The highest BCUT2D eigenvalue weighted by molar-refractivity contribution is 5.80. The minimum absolute atomic E-state index is 0.213. The molecule has 0 saturated carbocycles. The van der Waals surface area contributed by atoms with Crippen LogP contribution in [0.2, 0.25) is 0 Å². The van der Waals surface area contributed by atoms with Crippen molar-refractivity contribution in [2.75, 3.05) is 0 Å². The average Bonchev–Trinajstić information content (AvgIpc) is 2.16. The van der Waals surface area contributed by atoms with Crippen LogP contribution in [0.3, 0.4) is 0 Å². The molecule has 0 unspecified atom stereocenters. The summed E-state index contributed by atoms with van der Waals surface area (Å²) in [5, 5.41) is 17.9. The normalized spacial score (nSPS) is 18.9. The molecule has 0 aliphatic heterocycles. The van der Waals surface area contributed by atoms with Crippen molar-refractivity contribution in [1.82, 2.24) is 0 Å². The van der Waals surface area contributed by atoms with E-state index in [1.807, 2.05) is 0 Å². The van der Waals surface area contributed by atoms with Crippen LogP contribution in [-0.4, -0.2) is 33.4 Å². The molecule has 0 aromatic rings. The molecule has 0 aromatic carbocycles. The molecule has 5 nitrogen and oxygen atoms in total. The molecule has 0 rings (SSSR count). The van der Waals surface area contributed by atoms with Gasteiger partial charge in [-0.1, -0.05) is 13.8 Å². The van der Waals surface area contributed by atoms with Crippen LogP contribution in [0.4, 0.5) is 0 Å². The Kier molecular flexibility index (Phi) is 4.27. The Morgan fingerprint density at radius 2 is 1.27 bits per heavy atom. The van der Waals surface area contributed by atoms with E-state index in [4.69, 9.17) is 14.9 Å². The van der Waals surface area contributed by atoms with E-state index in [0.717, 1.165) is 0 Å². The summed E-state index contributed by atoms with van der Waals surface area (Å²) in [5.74, 6) is -2.29. The summed E-state index contributed by atoms with van der Waals surface area (Å²) in [5.41, 5.74) is -2.91. The smallest absolute Gasteiger partial charge is 0.335 e. The van der Waals surface area contributed by atoms with Gasteiger partial charge in [-0.2, -0.15) is 0 Å². The van der Waals surface area contributed by atoms with Gasteiger partial charge in [0.15, 0.2) is 11.2 Å². The third kappa shape index (κ3) is 2.92. The molecule has 88 valence electrons. The van der Waals surface area contributed by atoms with Crippen molar-refractivity contribution >= 4 is 11.9 Å². The van der Waals surface area contributed by atoms with E-state index in [9.17, 15) is 9.59 Å². The van der Waals surface area contributed by atoms with E-state index in [1.165, 1.54) is 13.8 Å².